The van der Waals surface area contributed by atoms with Crippen LogP contribution in [0, 0.1) is 6.92 Å². The number of carboxylic acids is 1. The summed E-state index contributed by atoms with van der Waals surface area (Å²) in [4.78, 5) is 22.0. The normalized spacial score (nSPS) is 11.9. The highest BCUT2D eigenvalue weighted by Gasteiger charge is 2.13. The number of carbonyl (C=O) groups is 2. The Kier molecular flexibility index (Phi) is 5.32. The lowest BCUT2D eigenvalue weighted by Gasteiger charge is -2.09. The van der Waals surface area contributed by atoms with Crippen molar-refractivity contribution in [1.29, 1.82) is 0 Å². The number of aryl methyl sites for hydroxylation is 1. The molecule has 0 aliphatic heterocycles. The van der Waals surface area contributed by atoms with Crippen LogP contribution in [0.5, 0.6) is 0 Å². The van der Waals surface area contributed by atoms with Crippen molar-refractivity contribution in [2.24, 2.45) is 5.73 Å². The molecule has 0 unspecified atom stereocenters. The van der Waals surface area contributed by atoms with Crippen LogP contribution in [-0.2, 0) is 16.1 Å². The minimum atomic E-state index is -1.08. The number of nitrogens with one attached hydrogen (secondary N) is 1. The van der Waals surface area contributed by atoms with Crippen LogP contribution in [0.1, 0.15) is 24.0 Å². The molecule has 4 N–H and O–H groups in total. The van der Waals surface area contributed by atoms with E-state index in [0.29, 0.717) is 6.54 Å². The van der Waals surface area contributed by atoms with Gasteiger partial charge in [-0.3, -0.25) is 9.59 Å². The second kappa shape index (κ2) is 6.76. The van der Waals surface area contributed by atoms with Gasteiger partial charge in [-0.1, -0.05) is 24.3 Å². The highest BCUT2D eigenvalue weighted by Crippen LogP contribution is 2.06. The number of amides is 1. The molecule has 0 aliphatic carbocycles. The predicted molar refractivity (Wildman–Crippen MR) is 67.9 cm³/mol. The van der Waals surface area contributed by atoms with Crippen molar-refractivity contribution >= 4 is 11.9 Å². The molecule has 0 radical (unpaired) electrons. The van der Waals surface area contributed by atoms with Crippen molar-refractivity contribution in [3.8, 4) is 0 Å². The average molecular weight is 250 g/mol. The van der Waals surface area contributed by atoms with E-state index in [2.05, 4.69) is 5.32 Å². The lowest BCUT2D eigenvalue weighted by atomic mass is 10.1. The maximum absolute atomic E-state index is 11.5. The minimum absolute atomic E-state index is 0.124. The van der Waals surface area contributed by atoms with Crippen molar-refractivity contribution in [2.75, 3.05) is 0 Å². The molecule has 18 heavy (non-hydrogen) atoms. The van der Waals surface area contributed by atoms with Crippen molar-refractivity contribution in [1.82, 2.24) is 5.32 Å². The summed E-state index contributed by atoms with van der Waals surface area (Å²) in [6.07, 6.45) is 0.272. The van der Waals surface area contributed by atoms with Gasteiger partial charge >= 0.3 is 5.97 Å². The molecular weight excluding hydrogens is 232 g/mol. The molecule has 0 aliphatic rings. The molecule has 0 saturated carbocycles. The van der Waals surface area contributed by atoms with E-state index in [-0.39, 0.29) is 18.7 Å². The number of carbonyl (C=O) groups excluding carboxylic acids is 1. The van der Waals surface area contributed by atoms with Gasteiger partial charge < -0.3 is 16.2 Å². The third kappa shape index (κ3) is 4.55. The van der Waals surface area contributed by atoms with Gasteiger partial charge in [-0.2, -0.15) is 0 Å². The van der Waals surface area contributed by atoms with E-state index in [9.17, 15) is 9.59 Å². The number of benzene rings is 1. The second-order valence-electron chi connectivity index (χ2n) is 4.19. The van der Waals surface area contributed by atoms with Crippen LogP contribution in [0.3, 0.4) is 0 Å². The molecule has 1 rings (SSSR count). The largest absolute Gasteiger partial charge is 0.480 e. The smallest absolute Gasteiger partial charge is 0.320 e. The van der Waals surface area contributed by atoms with Gasteiger partial charge in [0.2, 0.25) is 5.91 Å². The Labute approximate surface area is 106 Å². The average Bonchev–Trinajstić information content (AvgIpc) is 2.34. The summed E-state index contributed by atoms with van der Waals surface area (Å²) in [6, 6.07) is 6.79. The third-order valence-corrected chi connectivity index (χ3v) is 2.74. The van der Waals surface area contributed by atoms with Crippen LogP contribution in [0.25, 0.3) is 0 Å². The highest BCUT2D eigenvalue weighted by molar-refractivity contribution is 5.78. The summed E-state index contributed by atoms with van der Waals surface area (Å²) in [5.41, 5.74) is 7.48. The minimum Gasteiger partial charge on any atom is -0.480 e. The monoisotopic (exact) mass is 250 g/mol. The summed E-state index contributed by atoms with van der Waals surface area (Å²) in [7, 11) is 0. The molecule has 0 spiro atoms. The Balaban J connectivity index is 2.34. The molecular formula is C13H18N2O3. The number of aliphatic carboxylic acids is 1. The van der Waals surface area contributed by atoms with E-state index >= 15 is 0 Å². The van der Waals surface area contributed by atoms with Gasteiger partial charge in [-0.15, -0.1) is 0 Å². The molecule has 98 valence electrons. The fourth-order valence-electron chi connectivity index (χ4n) is 1.50. The van der Waals surface area contributed by atoms with Gasteiger partial charge in [0.15, 0.2) is 0 Å². The molecule has 1 aromatic rings. The van der Waals surface area contributed by atoms with E-state index in [1.807, 2.05) is 31.2 Å². The molecule has 0 saturated heterocycles. The molecule has 0 fully saturated rings. The number of rotatable bonds is 6. The first-order valence-electron chi connectivity index (χ1n) is 5.80. The zero-order valence-electron chi connectivity index (χ0n) is 10.3. The molecule has 0 bridgehead atoms. The van der Waals surface area contributed by atoms with Crippen LogP contribution in [-0.4, -0.2) is 23.0 Å². The Bertz CT molecular complexity index is 432. The zero-order chi connectivity index (χ0) is 13.5. The van der Waals surface area contributed by atoms with Crippen molar-refractivity contribution in [2.45, 2.75) is 32.4 Å². The molecule has 1 atom stereocenters. The third-order valence-electron chi connectivity index (χ3n) is 2.74. The Hall–Kier alpha value is -1.88. The summed E-state index contributed by atoms with van der Waals surface area (Å²) in [6.45, 7) is 2.43. The highest BCUT2D eigenvalue weighted by atomic mass is 16.4. The molecule has 5 heteroatoms. The quantitative estimate of drug-likeness (QED) is 0.696. The van der Waals surface area contributed by atoms with E-state index in [1.165, 1.54) is 0 Å². The topological polar surface area (TPSA) is 92.4 Å². The number of hydrogen-bond acceptors (Lipinski definition) is 3. The van der Waals surface area contributed by atoms with Crippen LogP contribution in [0.15, 0.2) is 24.3 Å². The van der Waals surface area contributed by atoms with Gasteiger partial charge in [-0.25, -0.2) is 0 Å². The predicted octanol–water partition coefficient (Wildman–Crippen LogP) is 0.803. The van der Waals surface area contributed by atoms with E-state index in [4.69, 9.17) is 10.8 Å². The fourth-order valence-corrected chi connectivity index (χ4v) is 1.50. The summed E-state index contributed by atoms with van der Waals surface area (Å²) >= 11 is 0. The van der Waals surface area contributed by atoms with Crippen molar-refractivity contribution < 1.29 is 14.7 Å². The summed E-state index contributed by atoms with van der Waals surface area (Å²) in [5.74, 6) is -1.27. The molecule has 1 aromatic carbocycles. The number of nitrogens with two attached hydrogens (primary N) is 1. The number of hydrogen-bond donors (Lipinski definition) is 3. The van der Waals surface area contributed by atoms with Gasteiger partial charge in [0.25, 0.3) is 0 Å². The van der Waals surface area contributed by atoms with Gasteiger partial charge in [-0.05, 0) is 24.5 Å². The van der Waals surface area contributed by atoms with Crippen LogP contribution < -0.4 is 11.1 Å². The van der Waals surface area contributed by atoms with Crippen molar-refractivity contribution in [3.05, 3.63) is 35.4 Å². The maximum Gasteiger partial charge on any atom is 0.320 e. The lowest BCUT2D eigenvalue weighted by Crippen LogP contribution is -2.32. The van der Waals surface area contributed by atoms with E-state index in [0.717, 1.165) is 11.1 Å². The SMILES string of the molecule is Cc1ccccc1CNC(=O)CC[C@H](N)C(=O)O. The summed E-state index contributed by atoms with van der Waals surface area (Å²) in [5, 5.41) is 11.3. The van der Waals surface area contributed by atoms with Crippen LogP contribution in [0.4, 0.5) is 0 Å². The van der Waals surface area contributed by atoms with Gasteiger partial charge in [0.1, 0.15) is 6.04 Å². The Morgan fingerprint density at radius 1 is 1.39 bits per heavy atom. The summed E-state index contributed by atoms with van der Waals surface area (Å²) < 4.78 is 0. The van der Waals surface area contributed by atoms with E-state index < -0.39 is 12.0 Å². The van der Waals surface area contributed by atoms with Crippen LogP contribution in [0.2, 0.25) is 0 Å². The fraction of sp³-hybridized carbons (Fsp3) is 0.385. The molecule has 1 amide bonds. The molecule has 5 nitrogen and oxygen atoms in total. The number of carboxylic acid groups (broad SMARTS) is 1. The Morgan fingerprint density at radius 2 is 2.06 bits per heavy atom. The molecule has 0 aromatic heterocycles. The second-order valence-corrected chi connectivity index (χ2v) is 4.19. The van der Waals surface area contributed by atoms with E-state index in [1.54, 1.807) is 0 Å². The first kappa shape index (κ1) is 14.2. The zero-order valence-corrected chi connectivity index (χ0v) is 10.3. The first-order valence-corrected chi connectivity index (χ1v) is 5.80. The first-order chi connectivity index (χ1) is 8.50. The van der Waals surface area contributed by atoms with Crippen molar-refractivity contribution in [3.63, 3.8) is 0 Å². The maximum atomic E-state index is 11.5. The standard InChI is InChI=1S/C13H18N2O3/c1-9-4-2-3-5-10(9)8-15-12(16)7-6-11(14)13(17)18/h2-5,11H,6-8,14H2,1H3,(H,15,16)(H,17,18)/t11-/m0/s1. The molecule has 0 heterocycles. The Morgan fingerprint density at radius 3 is 2.67 bits per heavy atom. The lowest BCUT2D eigenvalue weighted by molar-refractivity contribution is -0.138. The van der Waals surface area contributed by atoms with Crippen LogP contribution >= 0.6 is 0 Å². The van der Waals surface area contributed by atoms with Gasteiger partial charge in [0, 0.05) is 13.0 Å². The van der Waals surface area contributed by atoms with Gasteiger partial charge in [0.05, 0.1) is 0 Å².